The molecule has 2 heterocycles. The SMILES string of the molecule is CCCCc1cc(C(=O)O)cc(=O)n1Cc1ccc(-c2ccccc2-c2nn[nH]n2)c(Cl)c1. The van der Waals surface area contributed by atoms with Crippen LogP contribution in [0.2, 0.25) is 5.02 Å². The van der Waals surface area contributed by atoms with Crippen LogP contribution in [0.5, 0.6) is 0 Å². The molecule has 0 aliphatic rings. The van der Waals surface area contributed by atoms with Gasteiger partial charge in [0.1, 0.15) is 0 Å². The van der Waals surface area contributed by atoms with Gasteiger partial charge in [-0.3, -0.25) is 4.79 Å². The highest BCUT2D eigenvalue weighted by Gasteiger charge is 2.15. The zero-order chi connectivity index (χ0) is 23.4. The Morgan fingerprint density at radius 2 is 1.88 bits per heavy atom. The van der Waals surface area contributed by atoms with Crippen molar-refractivity contribution < 1.29 is 9.90 Å². The van der Waals surface area contributed by atoms with Gasteiger partial charge in [-0.1, -0.05) is 61.3 Å². The summed E-state index contributed by atoms with van der Waals surface area (Å²) in [6, 6.07) is 16.0. The summed E-state index contributed by atoms with van der Waals surface area (Å²) in [6.45, 7) is 2.35. The lowest BCUT2D eigenvalue weighted by Crippen LogP contribution is -2.25. The van der Waals surface area contributed by atoms with E-state index in [-0.39, 0.29) is 11.1 Å². The third-order valence-corrected chi connectivity index (χ3v) is 5.74. The molecule has 0 radical (unpaired) electrons. The molecule has 0 spiro atoms. The first-order valence-electron chi connectivity index (χ1n) is 10.6. The van der Waals surface area contributed by atoms with Gasteiger partial charge in [0.05, 0.1) is 12.1 Å². The number of benzene rings is 2. The van der Waals surface area contributed by atoms with E-state index in [4.69, 9.17) is 11.6 Å². The molecule has 0 amide bonds. The Hall–Kier alpha value is -3.78. The minimum atomic E-state index is -1.11. The Labute approximate surface area is 194 Å². The quantitative estimate of drug-likeness (QED) is 0.399. The smallest absolute Gasteiger partial charge is 0.335 e. The van der Waals surface area contributed by atoms with Crippen molar-refractivity contribution >= 4 is 17.6 Å². The zero-order valence-electron chi connectivity index (χ0n) is 18.0. The number of aryl methyl sites for hydroxylation is 1. The van der Waals surface area contributed by atoms with Gasteiger partial charge in [-0.15, -0.1) is 10.2 Å². The molecule has 2 aromatic heterocycles. The molecule has 0 bridgehead atoms. The molecule has 0 atom stereocenters. The van der Waals surface area contributed by atoms with Crippen molar-refractivity contribution in [2.24, 2.45) is 0 Å². The maximum Gasteiger partial charge on any atom is 0.335 e. The second-order valence-electron chi connectivity index (χ2n) is 7.66. The molecule has 0 saturated carbocycles. The first-order chi connectivity index (χ1) is 16.0. The maximum absolute atomic E-state index is 12.7. The summed E-state index contributed by atoms with van der Waals surface area (Å²) >= 11 is 6.66. The van der Waals surface area contributed by atoms with Gasteiger partial charge in [0.2, 0.25) is 5.82 Å². The molecular weight excluding hydrogens is 442 g/mol. The van der Waals surface area contributed by atoms with E-state index in [9.17, 15) is 14.7 Å². The number of pyridine rings is 1. The summed E-state index contributed by atoms with van der Waals surface area (Å²) < 4.78 is 1.61. The number of carboxylic acids is 1. The van der Waals surface area contributed by atoms with Gasteiger partial charge >= 0.3 is 5.97 Å². The van der Waals surface area contributed by atoms with Gasteiger partial charge in [0, 0.05) is 27.9 Å². The van der Waals surface area contributed by atoms with E-state index in [1.807, 2.05) is 42.5 Å². The van der Waals surface area contributed by atoms with E-state index >= 15 is 0 Å². The minimum Gasteiger partial charge on any atom is -0.478 e. The molecule has 0 aliphatic heterocycles. The van der Waals surface area contributed by atoms with Crippen LogP contribution in [0.3, 0.4) is 0 Å². The third-order valence-electron chi connectivity index (χ3n) is 5.42. The lowest BCUT2D eigenvalue weighted by atomic mass is 9.98. The molecule has 4 rings (SSSR count). The number of nitrogens with zero attached hydrogens (tertiary/aromatic N) is 4. The van der Waals surface area contributed by atoms with Crippen molar-refractivity contribution in [3.8, 4) is 22.5 Å². The Morgan fingerprint density at radius 1 is 1.09 bits per heavy atom. The van der Waals surface area contributed by atoms with Gasteiger partial charge in [0.15, 0.2) is 0 Å². The standard InChI is InChI=1S/C24H22ClN5O3/c1-2-3-6-17-12-16(24(32)33)13-22(31)30(17)14-15-9-10-19(21(25)11-15)18-7-4-5-8-20(18)23-26-28-29-27-23/h4-5,7-13H,2-3,6,14H2,1H3,(H,32,33)(H,26,27,28,29). The van der Waals surface area contributed by atoms with Crippen molar-refractivity contribution in [1.82, 2.24) is 25.2 Å². The summed E-state index contributed by atoms with van der Waals surface area (Å²) in [6.07, 6.45) is 2.41. The van der Waals surface area contributed by atoms with E-state index < -0.39 is 5.97 Å². The van der Waals surface area contributed by atoms with Gasteiger partial charge in [-0.25, -0.2) is 4.79 Å². The average Bonchev–Trinajstić information content (AvgIpc) is 3.34. The van der Waals surface area contributed by atoms with Crippen LogP contribution in [0.25, 0.3) is 22.5 Å². The van der Waals surface area contributed by atoms with Crippen LogP contribution in [0, 0.1) is 0 Å². The summed E-state index contributed by atoms with van der Waals surface area (Å²) in [4.78, 5) is 24.1. The largest absolute Gasteiger partial charge is 0.478 e. The number of carboxylic acid groups (broad SMARTS) is 1. The number of aromatic carboxylic acids is 1. The van der Waals surface area contributed by atoms with Gasteiger partial charge in [0.25, 0.3) is 5.56 Å². The summed E-state index contributed by atoms with van der Waals surface area (Å²) in [5.41, 5.74) is 3.66. The van der Waals surface area contributed by atoms with Crippen LogP contribution in [0.4, 0.5) is 0 Å². The van der Waals surface area contributed by atoms with Crippen LogP contribution < -0.4 is 5.56 Å². The lowest BCUT2D eigenvalue weighted by molar-refractivity contribution is 0.0696. The third kappa shape index (κ3) is 4.85. The molecule has 168 valence electrons. The number of H-pyrrole nitrogens is 1. The first kappa shape index (κ1) is 22.4. The van der Waals surface area contributed by atoms with Gasteiger partial charge < -0.3 is 9.67 Å². The molecule has 0 aliphatic carbocycles. The molecular formula is C24H22ClN5O3. The fourth-order valence-corrected chi connectivity index (χ4v) is 4.07. The number of nitrogens with one attached hydrogen (secondary N) is 1. The van der Waals surface area contributed by atoms with E-state index in [0.717, 1.165) is 41.2 Å². The van der Waals surface area contributed by atoms with Crippen LogP contribution in [0.15, 0.2) is 59.4 Å². The molecule has 0 unspecified atom stereocenters. The van der Waals surface area contributed by atoms with Crippen LogP contribution in [-0.2, 0) is 13.0 Å². The lowest BCUT2D eigenvalue weighted by Gasteiger charge is -2.15. The van der Waals surface area contributed by atoms with E-state index in [1.165, 1.54) is 0 Å². The van der Waals surface area contributed by atoms with E-state index in [1.54, 1.807) is 10.6 Å². The second kappa shape index (κ2) is 9.79. The minimum absolute atomic E-state index is 0.00815. The molecule has 2 aromatic carbocycles. The van der Waals surface area contributed by atoms with Crippen LogP contribution in [-0.4, -0.2) is 36.3 Å². The number of aromatic nitrogens is 5. The highest BCUT2D eigenvalue weighted by molar-refractivity contribution is 6.33. The van der Waals surface area contributed by atoms with Crippen molar-refractivity contribution in [3.05, 3.63) is 86.8 Å². The Bertz CT molecular complexity index is 1350. The number of tetrazole rings is 1. The van der Waals surface area contributed by atoms with Gasteiger partial charge in [-0.05, 0) is 41.3 Å². The first-order valence-corrected chi connectivity index (χ1v) is 10.9. The Kier molecular flexibility index (Phi) is 6.65. The molecule has 9 heteroatoms. The maximum atomic E-state index is 12.7. The fourth-order valence-electron chi connectivity index (χ4n) is 3.77. The molecule has 4 aromatic rings. The molecule has 33 heavy (non-hydrogen) atoms. The normalized spacial score (nSPS) is 11.0. The number of carbonyl (C=O) groups is 1. The van der Waals surface area contributed by atoms with Crippen molar-refractivity contribution in [1.29, 1.82) is 0 Å². The second-order valence-corrected chi connectivity index (χ2v) is 8.07. The van der Waals surface area contributed by atoms with E-state index in [2.05, 4.69) is 27.5 Å². The number of halogens is 1. The molecule has 0 fully saturated rings. The van der Waals surface area contributed by atoms with Crippen molar-refractivity contribution in [2.75, 3.05) is 0 Å². The fraction of sp³-hybridized carbons (Fsp3) is 0.208. The highest BCUT2D eigenvalue weighted by atomic mass is 35.5. The summed E-state index contributed by atoms with van der Waals surface area (Å²) in [5, 5.41) is 24.1. The summed E-state index contributed by atoms with van der Waals surface area (Å²) in [7, 11) is 0. The number of hydrogen-bond donors (Lipinski definition) is 2. The monoisotopic (exact) mass is 463 g/mol. The van der Waals surface area contributed by atoms with Crippen molar-refractivity contribution in [3.63, 3.8) is 0 Å². The Morgan fingerprint density at radius 3 is 2.55 bits per heavy atom. The topological polar surface area (TPSA) is 114 Å². The predicted octanol–water partition coefficient (Wildman–Crippen LogP) is 4.44. The number of unbranched alkanes of at least 4 members (excludes halogenated alkanes) is 1. The van der Waals surface area contributed by atoms with Crippen LogP contribution in [0.1, 0.15) is 41.4 Å². The van der Waals surface area contributed by atoms with Gasteiger partial charge in [-0.2, -0.15) is 5.21 Å². The molecule has 0 saturated heterocycles. The zero-order valence-corrected chi connectivity index (χ0v) is 18.7. The summed E-state index contributed by atoms with van der Waals surface area (Å²) in [5.74, 6) is -0.638. The number of hydrogen-bond acceptors (Lipinski definition) is 5. The Balaban J connectivity index is 1.70. The predicted molar refractivity (Wildman–Crippen MR) is 125 cm³/mol. The number of aromatic amines is 1. The molecule has 8 nitrogen and oxygen atoms in total. The van der Waals surface area contributed by atoms with Crippen molar-refractivity contribution in [2.45, 2.75) is 32.7 Å². The van der Waals surface area contributed by atoms with Crippen LogP contribution >= 0.6 is 11.6 Å². The van der Waals surface area contributed by atoms with E-state index in [0.29, 0.717) is 29.5 Å². The molecule has 2 N–H and O–H groups in total. The average molecular weight is 464 g/mol. The number of rotatable bonds is 8. The highest BCUT2D eigenvalue weighted by Crippen LogP contribution is 2.35.